The van der Waals surface area contributed by atoms with Gasteiger partial charge in [-0.3, -0.25) is 4.79 Å². The molecule has 0 spiro atoms. The molecular formula is C20H28O4. The zero-order chi connectivity index (χ0) is 17.9. The molecule has 0 aliphatic heterocycles. The molecule has 0 saturated heterocycles. The Bertz CT molecular complexity index is 680. The first-order chi connectivity index (χ1) is 11.1. The SMILES string of the molecule is CC(C)c1c(O)ccc2c1[C@@H](O)C[C@H]1[C@@](C)(C(=O)O)CCC[C@]21C. The van der Waals surface area contributed by atoms with Crippen LogP contribution in [0.4, 0.5) is 0 Å². The minimum absolute atomic E-state index is 0.101. The number of carbonyl (C=O) groups is 1. The van der Waals surface area contributed by atoms with Crippen LogP contribution in [0, 0.1) is 11.3 Å². The maximum atomic E-state index is 12.0. The van der Waals surface area contributed by atoms with Crippen molar-refractivity contribution >= 4 is 5.97 Å². The molecule has 3 N–H and O–H groups in total. The Morgan fingerprint density at radius 3 is 2.50 bits per heavy atom. The van der Waals surface area contributed by atoms with E-state index in [1.54, 1.807) is 6.07 Å². The van der Waals surface area contributed by atoms with E-state index in [-0.39, 0.29) is 23.0 Å². The van der Waals surface area contributed by atoms with Gasteiger partial charge < -0.3 is 15.3 Å². The molecule has 4 atom stereocenters. The number of aliphatic hydroxyl groups is 1. The summed E-state index contributed by atoms with van der Waals surface area (Å²) in [5.74, 6) is -0.550. The third-order valence-corrected chi connectivity index (χ3v) is 6.67. The molecule has 4 heteroatoms. The summed E-state index contributed by atoms with van der Waals surface area (Å²) in [7, 11) is 0. The first-order valence-corrected chi connectivity index (χ1v) is 8.90. The van der Waals surface area contributed by atoms with E-state index in [2.05, 4.69) is 6.92 Å². The minimum atomic E-state index is -0.818. The summed E-state index contributed by atoms with van der Waals surface area (Å²) < 4.78 is 0. The lowest BCUT2D eigenvalue weighted by atomic mass is 9.49. The van der Waals surface area contributed by atoms with Gasteiger partial charge in [0.25, 0.3) is 0 Å². The molecule has 1 aromatic rings. The van der Waals surface area contributed by atoms with Crippen molar-refractivity contribution in [1.82, 2.24) is 0 Å². The molecule has 0 unspecified atom stereocenters. The summed E-state index contributed by atoms with van der Waals surface area (Å²) >= 11 is 0. The normalized spacial score (nSPS) is 35.4. The Morgan fingerprint density at radius 2 is 1.92 bits per heavy atom. The molecule has 1 saturated carbocycles. The van der Waals surface area contributed by atoms with Crippen molar-refractivity contribution in [3.63, 3.8) is 0 Å². The van der Waals surface area contributed by atoms with E-state index >= 15 is 0 Å². The zero-order valence-corrected chi connectivity index (χ0v) is 15.0. The largest absolute Gasteiger partial charge is 0.508 e. The van der Waals surface area contributed by atoms with Gasteiger partial charge in [-0.15, -0.1) is 0 Å². The summed E-state index contributed by atoms with van der Waals surface area (Å²) in [4.78, 5) is 12.0. The fourth-order valence-electron chi connectivity index (χ4n) is 5.40. The molecule has 132 valence electrons. The standard InChI is InChI=1S/C20H28O4/c1-11(2)16-13(21)7-6-12-17(16)14(22)10-15-19(12,3)8-5-9-20(15,4)18(23)24/h6-7,11,14-15,21-22H,5,8-10H2,1-4H3,(H,23,24)/t14-,15+,19+,20-/m0/s1. The van der Waals surface area contributed by atoms with Gasteiger partial charge in [-0.05, 0) is 60.6 Å². The van der Waals surface area contributed by atoms with Gasteiger partial charge in [0.1, 0.15) is 5.75 Å². The summed E-state index contributed by atoms with van der Waals surface area (Å²) in [5.41, 5.74) is 1.57. The van der Waals surface area contributed by atoms with Gasteiger partial charge in [-0.2, -0.15) is 0 Å². The number of phenolic OH excluding ortho intramolecular Hbond substituents is 1. The van der Waals surface area contributed by atoms with Gasteiger partial charge in [0.2, 0.25) is 0 Å². The number of aliphatic carboxylic acids is 1. The molecule has 1 aromatic carbocycles. The van der Waals surface area contributed by atoms with Crippen LogP contribution in [0.15, 0.2) is 12.1 Å². The number of carboxylic acids is 1. The summed E-state index contributed by atoms with van der Waals surface area (Å²) in [5, 5.41) is 31.0. The number of rotatable bonds is 2. The van der Waals surface area contributed by atoms with E-state index in [0.29, 0.717) is 12.8 Å². The molecule has 0 aromatic heterocycles. The Balaban J connectivity index is 2.24. The number of aromatic hydroxyl groups is 1. The number of hydrogen-bond acceptors (Lipinski definition) is 3. The molecule has 0 heterocycles. The van der Waals surface area contributed by atoms with E-state index in [4.69, 9.17) is 0 Å². The van der Waals surface area contributed by atoms with Crippen LogP contribution in [-0.4, -0.2) is 21.3 Å². The second-order valence-corrected chi connectivity index (χ2v) is 8.41. The second kappa shape index (κ2) is 5.48. The summed E-state index contributed by atoms with van der Waals surface area (Å²) in [6.45, 7) is 8.00. The summed E-state index contributed by atoms with van der Waals surface area (Å²) in [6, 6.07) is 3.61. The second-order valence-electron chi connectivity index (χ2n) is 8.41. The third-order valence-electron chi connectivity index (χ3n) is 6.67. The van der Waals surface area contributed by atoms with Crippen LogP contribution in [-0.2, 0) is 10.2 Å². The van der Waals surface area contributed by atoms with Gasteiger partial charge in [0.15, 0.2) is 0 Å². The maximum absolute atomic E-state index is 12.0. The molecule has 0 amide bonds. The molecule has 3 rings (SSSR count). The smallest absolute Gasteiger partial charge is 0.309 e. The van der Waals surface area contributed by atoms with Crippen LogP contribution < -0.4 is 0 Å². The van der Waals surface area contributed by atoms with Crippen LogP contribution in [0.3, 0.4) is 0 Å². The van der Waals surface area contributed by atoms with Gasteiger partial charge in [-0.25, -0.2) is 0 Å². The van der Waals surface area contributed by atoms with Gasteiger partial charge in [-0.1, -0.05) is 33.3 Å². The van der Waals surface area contributed by atoms with E-state index in [1.165, 1.54) is 0 Å². The van der Waals surface area contributed by atoms with Crippen molar-refractivity contribution in [3.8, 4) is 5.75 Å². The number of carboxylic acid groups (broad SMARTS) is 1. The lowest BCUT2D eigenvalue weighted by Gasteiger charge is -2.55. The Morgan fingerprint density at radius 1 is 1.25 bits per heavy atom. The van der Waals surface area contributed by atoms with Crippen molar-refractivity contribution in [2.75, 3.05) is 0 Å². The molecule has 4 nitrogen and oxygen atoms in total. The average molecular weight is 332 g/mol. The van der Waals surface area contributed by atoms with Crippen molar-refractivity contribution in [2.45, 2.75) is 70.8 Å². The van der Waals surface area contributed by atoms with Gasteiger partial charge >= 0.3 is 5.97 Å². The van der Waals surface area contributed by atoms with E-state index < -0.39 is 17.5 Å². The molecule has 0 radical (unpaired) electrons. The predicted octanol–water partition coefficient (Wildman–Crippen LogP) is 4.10. The maximum Gasteiger partial charge on any atom is 0.309 e. The fourth-order valence-corrected chi connectivity index (χ4v) is 5.40. The quantitative estimate of drug-likeness (QED) is 0.762. The van der Waals surface area contributed by atoms with Crippen LogP contribution in [0.5, 0.6) is 5.75 Å². The highest BCUT2D eigenvalue weighted by Crippen LogP contribution is 2.60. The van der Waals surface area contributed by atoms with E-state index in [1.807, 2.05) is 26.8 Å². The molecule has 2 aliphatic carbocycles. The van der Waals surface area contributed by atoms with Crippen LogP contribution in [0.1, 0.15) is 82.1 Å². The number of benzene rings is 1. The first kappa shape index (κ1) is 17.3. The van der Waals surface area contributed by atoms with Crippen molar-refractivity contribution in [2.24, 2.45) is 11.3 Å². The average Bonchev–Trinajstić information content (AvgIpc) is 2.49. The monoisotopic (exact) mass is 332 g/mol. The lowest BCUT2D eigenvalue weighted by Crippen LogP contribution is -2.53. The number of hydrogen-bond donors (Lipinski definition) is 3. The van der Waals surface area contributed by atoms with E-state index in [0.717, 1.165) is 29.5 Å². The highest BCUT2D eigenvalue weighted by Gasteiger charge is 2.57. The molecule has 24 heavy (non-hydrogen) atoms. The van der Waals surface area contributed by atoms with Crippen LogP contribution in [0.25, 0.3) is 0 Å². The fraction of sp³-hybridized carbons (Fsp3) is 0.650. The lowest BCUT2D eigenvalue weighted by molar-refractivity contribution is -0.159. The summed E-state index contributed by atoms with van der Waals surface area (Å²) in [6.07, 6.45) is 2.15. The van der Waals surface area contributed by atoms with E-state index in [9.17, 15) is 20.1 Å². The topological polar surface area (TPSA) is 77.8 Å². The van der Waals surface area contributed by atoms with Crippen LogP contribution >= 0.6 is 0 Å². The minimum Gasteiger partial charge on any atom is -0.508 e. The predicted molar refractivity (Wildman–Crippen MR) is 92.2 cm³/mol. The molecular weight excluding hydrogens is 304 g/mol. The van der Waals surface area contributed by atoms with Gasteiger partial charge in [0.05, 0.1) is 11.5 Å². The number of aliphatic hydroxyl groups excluding tert-OH is 1. The third kappa shape index (κ3) is 2.19. The van der Waals surface area contributed by atoms with Crippen molar-refractivity contribution in [1.29, 1.82) is 0 Å². The first-order valence-electron chi connectivity index (χ1n) is 8.90. The highest BCUT2D eigenvalue weighted by molar-refractivity contribution is 5.75. The zero-order valence-electron chi connectivity index (χ0n) is 15.0. The number of phenols is 1. The molecule has 0 bridgehead atoms. The van der Waals surface area contributed by atoms with Crippen LogP contribution in [0.2, 0.25) is 0 Å². The Labute approximate surface area is 143 Å². The molecule has 2 aliphatic rings. The van der Waals surface area contributed by atoms with Crippen molar-refractivity contribution < 1.29 is 20.1 Å². The molecule has 1 fully saturated rings. The Kier molecular flexibility index (Phi) is 3.95. The Hall–Kier alpha value is -1.55. The highest BCUT2D eigenvalue weighted by atomic mass is 16.4. The van der Waals surface area contributed by atoms with Gasteiger partial charge in [0, 0.05) is 5.56 Å². The number of fused-ring (bicyclic) bond motifs is 3. The van der Waals surface area contributed by atoms with Crippen molar-refractivity contribution in [3.05, 3.63) is 28.8 Å².